The summed E-state index contributed by atoms with van der Waals surface area (Å²) in [6.07, 6.45) is -0.0568. The molecule has 0 saturated heterocycles. The van der Waals surface area contributed by atoms with Gasteiger partial charge in [-0.25, -0.2) is 4.98 Å². The molecule has 2 aromatic carbocycles. The maximum Gasteiger partial charge on any atom is 0.309 e. The molecule has 4 nitrogen and oxygen atoms in total. The molecule has 0 radical (unpaired) electrons. The second-order valence-electron chi connectivity index (χ2n) is 5.15. The number of rotatable bonds is 6. The molecule has 3 rings (SSSR count). The number of halogens is 1. The summed E-state index contributed by atoms with van der Waals surface area (Å²) >= 11 is 7.29. The summed E-state index contributed by atoms with van der Waals surface area (Å²) < 4.78 is 5.74. The number of hydrogen-bond donors (Lipinski definition) is 1. The Kier molecular flexibility index (Phi) is 5.13. The highest BCUT2D eigenvalue weighted by Crippen LogP contribution is 2.26. The van der Waals surface area contributed by atoms with Crippen molar-refractivity contribution in [2.75, 3.05) is 0 Å². The third-order valence-corrected chi connectivity index (χ3v) is 4.50. The van der Waals surface area contributed by atoms with E-state index in [1.165, 1.54) is 11.3 Å². The van der Waals surface area contributed by atoms with Crippen LogP contribution in [0.15, 0.2) is 53.9 Å². The summed E-state index contributed by atoms with van der Waals surface area (Å²) in [6.45, 7) is 0.469. The Labute approximate surface area is 148 Å². The van der Waals surface area contributed by atoms with Crippen molar-refractivity contribution in [2.45, 2.75) is 13.0 Å². The first kappa shape index (κ1) is 16.5. The number of carboxylic acid groups (broad SMARTS) is 1. The minimum Gasteiger partial charge on any atom is -0.489 e. The second-order valence-corrected chi connectivity index (χ2v) is 6.45. The topological polar surface area (TPSA) is 59.4 Å². The molecule has 1 heterocycles. The summed E-state index contributed by atoms with van der Waals surface area (Å²) in [5.41, 5.74) is 2.56. The van der Waals surface area contributed by atoms with E-state index in [1.807, 2.05) is 48.5 Å². The molecule has 1 N–H and O–H groups in total. The van der Waals surface area contributed by atoms with Crippen molar-refractivity contribution in [1.82, 2.24) is 4.98 Å². The molecule has 1 aromatic heterocycles. The predicted molar refractivity (Wildman–Crippen MR) is 94.7 cm³/mol. The van der Waals surface area contributed by atoms with E-state index in [2.05, 4.69) is 4.98 Å². The van der Waals surface area contributed by atoms with E-state index in [-0.39, 0.29) is 6.42 Å². The largest absolute Gasteiger partial charge is 0.489 e. The summed E-state index contributed by atoms with van der Waals surface area (Å²) in [5, 5.41) is 12.1. The fourth-order valence-corrected chi connectivity index (χ4v) is 3.07. The zero-order chi connectivity index (χ0) is 16.9. The highest BCUT2D eigenvalue weighted by atomic mass is 35.5. The smallest absolute Gasteiger partial charge is 0.309 e. The van der Waals surface area contributed by atoms with Gasteiger partial charge in [-0.15, -0.1) is 11.3 Å². The Morgan fingerprint density at radius 1 is 1.12 bits per heavy atom. The Bertz CT molecular complexity index is 828. The Hall–Kier alpha value is -2.37. The van der Waals surface area contributed by atoms with Crippen LogP contribution >= 0.6 is 22.9 Å². The van der Waals surface area contributed by atoms with Gasteiger partial charge in [0.15, 0.2) is 0 Å². The number of benzene rings is 2. The van der Waals surface area contributed by atoms with Crippen LogP contribution in [0.1, 0.15) is 11.3 Å². The van der Waals surface area contributed by atoms with E-state index in [4.69, 9.17) is 21.4 Å². The molecule has 0 aliphatic heterocycles. The van der Waals surface area contributed by atoms with E-state index in [9.17, 15) is 4.79 Å². The number of aliphatic carboxylic acids is 1. The zero-order valence-corrected chi connectivity index (χ0v) is 14.2. The normalized spacial score (nSPS) is 10.5. The molecule has 0 spiro atoms. The van der Waals surface area contributed by atoms with Crippen molar-refractivity contribution < 1.29 is 14.6 Å². The lowest BCUT2D eigenvalue weighted by molar-refractivity contribution is -0.136. The van der Waals surface area contributed by atoms with Crippen molar-refractivity contribution in [3.05, 3.63) is 70.2 Å². The van der Waals surface area contributed by atoms with Crippen LogP contribution < -0.4 is 4.74 Å². The van der Waals surface area contributed by atoms with Gasteiger partial charge in [0.05, 0.1) is 12.1 Å². The summed E-state index contributed by atoms with van der Waals surface area (Å²) in [5.74, 6) is -0.117. The highest BCUT2D eigenvalue weighted by Gasteiger charge is 2.08. The SMILES string of the molecule is O=C(O)Cc1csc(-c2ccc(OCc3ccc(Cl)cc3)cc2)n1. The van der Waals surface area contributed by atoms with Gasteiger partial charge >= 0.3 is 5.97 Å². The van der Waals surface area contributed by atoms with Gasteiger partial charge in [-0.1, -0.05) is 23.7 Å². The summed E-state index contributed by atoms with van der Waals surface area (Å²) in [6, 6.07) is 15.1. The Morgan fingerprint density at radius 3 is 2.50 bits per heavy atom. The first-order valence-corrected chi connectivity index (χ1v) is 8.50. The van der Waals surface area contributed by atoms with Crippen molar-refractivity contribution >= 4 is 28.9 Å². The maximum absolute atomic E-state index is 10.7. The van der Waals surface area contributed by atoms with Gasteiger partial charge < -0.3 is 9.84 Å². The average Bonchev–Trinajstić information content (AvgIpc) is 3.02. The van der Waals surface area contributed by atoms with Crippen molar-refractivity contribution in [2.24, 2.45) is 0 Å². The van der Waals surface area contributed by atoms with E-state index in [0.717, 1.165) is 21.9 Å². The molecule has 0 aliphatic carbocycles. The third kappa shape index (κ3) is 4.34. The standard InChI is InChI=1S/C18H14ClNO3S/c19-14-5-1-12(2-6-14)10-23-16-7-3-13(4-8-16)18-20-15(11-24-18)9-17(21)22/h1-8,11H,9-10H2,(H,21,22). The quantitative estimate of drug-likeness (QED) is 0.694. The molecule has 0 unspecified atom stereocenters. The fourth-order valence-electron chi connectivity index (χ4n) is 2.12. The van der Waals surface area contributed by atoms with Crippen LogP contribution in [0.25, 0.3) is 10.6 Å². The minimum absolute atomic E-state index is 0.0568. The van der Waals surface area contributed by atoms with E-state index in [0.29, 0.717) is 17.3 Å². The lowest BCUT2D eigenvalue weighted by Gasteiger charge is -2.07. The van der Waals surface area contributed by atoms with Crippen LogP contribution in [0.5, 0.6) is 5.75 Å². The van der Waals surface area contributed by atoms with Gasteiger partial charge in [-0.2, -0.15) is 0 Å². The van der Waals surface area contributed by atoms with E-state index in [1.54, 1.807) is 5.38 Å². The molecule has 3 aromatic rings. The zero-order valence-electron chi connectivity index (χ0n) is 12.6. The van der Waals surface area contributed by atoms with E-state index >= 15 is 0 Å². The van der Waals surface area contributed by atoms with Crippen LogP contribution in [0.4, 0.5) is 0 Å². The molecule has 0 bridgehead atoms. The number of carbonyl (C=O) groups is 1. The Balaban J connectivity index is 1.63. The molecule has 0 amide bonds. The molecule has 122 valence electrons. The first-order chi connectivity index (χ1) is 11.6. The average molecular weight is 360 g/mol. The number of thiazole rings is 1. The van der Waals surface area contributed by atoms with Crippen LogP contribution in [0, 0.1) is 0 Å². The molecule has 0 aliphatic rings. The van der Waals surface area contributed by atoms with Crippen LogP contribution in [-0.2, 0) is 17.8 Å². The van der Waals surface area contributed by atoms with Gasteiger partial charge in [0, 0.05) is 16.0 Å². The van der Waals surface area contributed by atoms with Gasteiger partial charge in [0.25, 0.3) is 0 Å². The van der Waals surface area contributed by atoms with E-state index < -0.39 is 5.97 Å². The Morgan fingerprint density at radius 2 is 1.83 bits per heavy atom. The summed E-state index contributed by atoms with van der Waals surface area (Å²) in [4.78, 5) is 15.0. The minimum atomic E-state index is -0.877. The maximum atomic E-state index is 10.7. The van der Waals surface area contributed by atoms with Crippen LogP contribution in [0.2, 0.25) is 5.02 Å². The van der Waals surface area contributed by atoms with Crippen LogP contribution in [-0.4, -0.2) is 16.1 Å². The van der Waals surface area contributed by atoms with Crippen molar-refractivity contribution in [1.29, 1.82) is 0 Å². The number of aromatic nitrogens is 1. The second kappa shape index (κ2) is 7.47. The molecule has 24 heavy (non-hydrogen) atoms. The van der Waals surface area contributed by atoms with Gasteiger partial charge in [-0.05, 0) is 42.0 Å². The molecule has 0 saturated carbocycles. The van der Waals surface area contributed by atoms with Crippen LogP contribution in [0.3, 0.4) is 0 Å². The van der Waals surface area contributed by atoms with Gasteiger partial charge in [0.1, 0.15) is 17.4 Å². The van der Waals surface area contributed by atoms with Gasteiger partial charge in [-0.3, -0.25) is 4.79 Å². The fraction of sp³-hybridized carbons (Fsp3) is 0.111. The molecular weight excluding hydrogens is 346 g/mol. The molecular formula is C18H14ClNO3S. The molecule has 6 heteroatoms. The number of ether oxygens (including phenoxy) is 1. The highest BCUT2D eigenvalue weighted by molar-refractivity contribution is 7.13. The third-order valence-electron chi connectivity index (χ3n) is 3.30. The molecule has 0 atom stereocenters. The van der Waals surface area contributed by atoms with Crippen molar-refractivity contribution in [3.63, 3.8) is 0 Å². The first-order valence-electron chi connectivity index (χ1n) is 7.24. The lowest BCUT2D eigenvalue weighted by atomic mass is 10.2. The molecule has 0 fully saturated rings. The lowest BCUT2D eigenvalue weighted by Crippen LogP contribution is -1.99. The number of carboxylic acids is 1. The van der Waals surface area contributed by atoms with Crippen molar-refractivity contribution in [3.8, 4) is 16.3 Å². The number of nitrogens with zero attached hydrogens (tertiary/aromatic N) is 1. The monoisotopic (exact) mass is 359 g/mol. The predicted octanol–water partition coefficient (Wildman–Crippen LogP) is 4.67. The number of hydrogen-bond acceptors (Lipinski definition) is 4. The van der Waals surface area contributed by atoms with Gasteiger partial charge in [0.2, 0.25) is 0 Å². The summed E-state index contributed by atoms with van der Waals surface area (Å²) in [7, 11) is 0.